The smallest absolute Gasteiger partial charge is 0.206 e. The lowest BCUT2D eigenvalue weighted by Crippen LogP contribution is -2.81. The van der Waals surface area contributed by atoms with Gasteiger partial charge in [-0.1, -0.05) is 0 Å². The van der Waals surface area contributed by atoms with E-state index in [4.69, 9.17) is 0 Å². The van der Waals surface area contributed by atoms with Gasteiger partial charge in [-0.05, 0) is 0 Å². The molecule has 1 heterocycles. The fourth-order valence-corrected chi connectivity index (χ4v) is 2.83. The molecular weight excluding hydrogens is 480 g/mol. The second-order valence-corrected chi connectivity index (χ2v) is 6.66. The van der Waals surface area contributed by atoms with Crippen molar-refractivity contribution in [1.82, 2.24) is 0 Å². The molecule has 3 nitrogen and oxygen atoms in total. The molecule has 1 saturated heterocycles. The van der Waals surface area contributed by atoms with Crippen LogP contribution in [0.5, 0.6) is 0 Å². The minimum atomic E-state index is -8.64. The summed E-state index contributed by atoms with van der Waals surface area (Å²) in [5, 5.41) is -7.23. The van der Waals surface area contributed by atoms with Crippen LogP contribution in [0.1, 0.15) is 0 Å². The highest BCUT2D eigenvalue weighted by atomic mass is 32.2. The molecule has 0 aromatic rings. The first kappa shape index (κ1) is 24.8. The van der Waals surface area contributed by atoms with Crippen molar-refractivity contribution in [2.24, 2.45) is 0 Å². The largest absolute Gasteiger partial charge is 0.460 e. The number of hydrogen-bond donors (Lipinski definition) is 0. The Morgan fingerprint density at radius 3 is 1.14 bits per heavy atom. The van der Waals surface area contributed by atoms with Gasteiger partial charge in [0, 0.05) is 0 Å². The van der Waals surface area contributed by atoms with E-state index in [9.17, 15) is 78.7 Å². The first-order chi connectivity index (χ1) is 11.7. The Morgan fingerprint density at radius 2 is 0.893 bits per heavy atom. The summed E-state index contributed by atoms with van der Waals surface area (Å²) in [6, 6.07) is 0. The summed E-state index contributed by atoms with van der Waals surface area (Å²) in [6.07, 6.45) is -14.4. The van der Waals surface area contributed by atoms with Gasteiger partial charge in [-0.25, -0.2) is 4.39 Å². The maximum absolute atomic E-state index is 13.5. The van der Waals surface area contributed by atoms with Gasteiger partial charge in [0.1, 0.15) is 0 Å². The molecular formula is C8F16O3S. The van der Waals surface area contributed by atoms with E-state index in [-0.39, 0.29) is 0 Å². The van der Waals surface area contributed by atoms with Crippen LogP contribution in [0, 0.1) is 0 Å². The molecule has 0 radical (unpaired) electrons. The summed E-state index contributed by atoms with van der Waals surface area (Å²) < 4.78 is 227. The third kappa shape index (κ3) is 2.38. The molecule has 0 spiro atoms. The molecule has 0 bridgehead atoms. The van der Waals surface area contributed by atoms with Crippen LogP contribution in [0.25, 0.3) is 0 Å². The Kier molecular flexibility index (Phi) is 4.86. The third-order valence-electron chi connectivity index (χ3n) is 3.27. The summed E-state index contributed by atoms with van der Waals surface area (Å²) >= 11 is 0. The lowest BCUT2D eigenvalue weighted by Gasteiger charge is -2.47. The van der Waals surface area contributed by atoms with Crippen LogP contribution in [0.3, 0.4) is 0 Å². The molecule has 0 aromatic heterocycles. The maximum Gasteiger partial charge on any atom is 0.460 e. The molecule has 0 saturated carbocycles. The Balaban J connectivity index is 3.73. The zero-order chi connectivity index (χ0) is 23.2. The molecule has 1 aliphatic heterocycles. The number of hydrogen-bond acceptors (Lipinski definition) is 3. The van der Waals surface area contributed by atoms with Crippen molar-refractivity contribution in [2.75, 3.05) is 0 Å². The predicted octanol–water partition coefficient (Wildman–Crippen LogP) is 4.34. The van der Waals surface area contributed by atoms with Gasteiger partial charge in [0.25, 0.3) is 0 Å². The molecule has 0 aromatic carbocycles. The summed E-state index contributed by atoms with van der Waals surface area (Å²) in [7, 11) is -7.27. The van der Waals surface area contributed by atoms with Crippen LogP contribution < -0.4 is 0 Å². The van der Waals surface area contributed by atoms with E-state index in [1.807, 2.05) is 0 Å². The fraction of sp³-hybridized carbons (Fsp3) is 1.00. The van der Waals surface area contributed by atoms with Crippen LogP contribution in [0.4, 0.5) is 70.2 Å². The van der Waals surface area contributed by atoms with E-state index >= 15 is 0 Å². The Bertz CT molecular complexity index is 750. The van der Waals surface area contributed by atoms with Crippen LogP contribution in [0.2, 0.25) is 0 Å². The van der Waals surface area contributed by atoms with Crippen molar-refractivity contribution < 1.29 is 82.8 Å². The second kappa shape index (κ2) is 5.48. The lowest BCUT2D eigenvalue weighted by molar-refractivity contribution is -0.456. The van der Waals surface area contributed by atoms with Gasteiger partial charge < -0.3 is 0 Å². The predicted molar refractivity (Wildman–Crippen MR) is 49.6 cm³/mol. The van der Waals surface area contributed by atoms with Crippen molar-refractivity contribution in [3.63, 3.8) is 0 Å². The summed E-state index contributed by atoms with van der Waals surface area (Å²) in [5.74, 6) is -42.1. The van der Waals surface area contributed by atoms with E-state index in [0.717, 1.165) is 0 Å². The molecule has 0 unspecified atom stereocenters. The fourth-order valence-electron chi connectivity index (χ4n) is 1.67. The minimum absolute atomic E-state index is 2.12. The zero-order valence-corrected chi connectivity index (χ0v) is 12.5. The van der Waals surface area contributed by atoms with E-state index in [1.165, 1.54) is 0 Å². The van der Waals surface area contributed by atoms with Crippen molar-refractivity contribution in [3.8, 4) is 0 Å². The average molecular weight is 480 g/mol. The average Bonchev–Trinajstić information content (AvgIpc) is 2.42. The number of halogens is 16. The third-order valence-corrected chi connectivity index (χ3v) is 4.88. The Morgan fingerprint density at radius 1 is 0.571 bits per heavy atom. The van der Waals surface area contributed by atoms with E-state index in [2.05, 4.69) is 4.18 Å². The molecule has 168 valence electrons. The maximum atomic E-state index is 13.5. The number of alkyl halides is 16. The monoisotopic (exact) mass is 480 g/mol. The van der Waals surface area contributed by atoms with Gasteiger partial charge in [-0.2, -0.15) is 78.5 Å². The molecule has 0 amide bonds. The van der Waals surface area contributed by atoms with Crippen molar-refractivity contribution in [2.45, 2.75) is 46.9 Å². The van der Waals surface area contributed by atoms with Gasteiger partial charge in [-0.3, -0.25) is 0 Å². The van der Waals surface area contributed by atoms with Crippen LogP contribution in [-0.2, 0) is 14.3 Å². The highest BCUT2D eigenvalue weighted by Crippen LogP contribution is 2.67. The van der Waals surface area contributed by atoms with Crippen LogP contribution in [0.15, 0.2) is 0 Å². The molecule has 20 heteroatoms. The van der Waals surface area contributed by atoms with Crippen molar-refractivity contribution >= 4 is 10.1 Å². The molecule has 28 heavy (non-hydrogen) atoms. The van der Waals surface area contributed by atoms with Crippen molar-refractivity contribution in [1.29, 1.82) is 0 Å². The Labute approximate surface area is 141 Å². The van der Waals surface area contributed by atoms with Crippen molar-refractivity contribution in [3.05, 3.63) is 0 Å². The second-order valence-electron chi connectivity index (χ2n) is 5.02. The molecule has 1 fully saturated rings. The highest BCUT2D eigenvalue weighted by Gasteiger charge is 3.00. The zero-order valence-electron chi connectivity index (χ0n) is 11.7. The summed E-state index contributed by atoms with van der Waals surface area (Å²) in [6.45, 7) is 0. The molecule has 1 rings (SSSR count). The minimum Gasteiger partial charge on any atom is -0.206 e. The van der Waals surface area contributed by atoms with Gasteiger partial charge >= 0.3 is 57.0 Å². The molecule has 0 N–H and O–H groups in total. The van der Waals surface area contributed by atoms with Gasteiger partial charge in [0.15, 0.2) is 0 Å². The molecule has 1 atom stereocenters. The quantitative estimate of drug-likeness (QED) is 0.435. The highest BCUT2D eigenvalue weighted by molar-refractivity contribution is 7.89. The molecule has 0 aliphatic carbocycles. The lowest BCUT2D eigenvalue weighted by atomic mass is 9.91. The summed E-state index contributed by atoms with van der Waals surface area (Å²) in [5.41, 5.74) is 0. The van der Waals surface area contributed by atoms with Gasteiger partial charge in [0.2, 0.25) is 0 Å². The Hall–Kier alpha value is -1.21. The van der Waals surface area contributed by atoms with E-state index < -0.39 is 57.0 Å². The van der Waals surface area contributed by atoms with Gasteiger partial charge in [0.05, 0.1) is 0 Å². The molecule has 1 aliphatic rings. The SMILES string of the molecule is O=S1(=O)OC(F)(F)[C@]1(F)C(F)(F)C(F)(F)C(F)(F)C(F)(F)C(F)(F)C(F)(F)F. The standard InChI is InChI=1S/C8F16O3S/c9-1(10,3(13,14)5(17,18)7(20,21)22)2(11,12)4(15,16)6(19)8(23,24)27-28(6,25)26/t6-/m0/s1. The topological polar surface area (TPSA) is 43.4 Å². The van der Waals surface area contributed by atoms with Crippen LogP contribution in [-0.4, -0.2) is 55.3 Å². The van der Waals surface area contributed by atoms with Gasteiger partial charge in [-0.15, -0.1) is 0 Å². The first-order valence-corrected chi connectivity index (χ1v) is 7.09. The summed E-state index contributed by atoms with van der Waals surface area (Å²) in [4.78, 5) is 0. The number of rotatable bonds is 5. The first-order valence-electron chi connectivity index (χ1n) is 5.68. The normalized spacial score (nSPS) is 26.7. The van der Waals surface area contributed by atoms with E-state index in [1.54, 1.807) is 0 Å². The van der Waals surface area contributed by atoms with E-state index in [0.29, 0.717) is 0 Å². The van der Waals surface area contributed by atoms with Crippen LogP contribution >= 0.6 is 0 Å².